The van der Waals surface area contributed by atoms with E-state index in [9.17, 15) is 13.2 Å². The largest absolute Gasteiger partial charge is 0.495 e. The summed E-state index contributed by atoms with van der Waals surface area (Å²) in [6, 6.07) is 11.8. The normalized spacial score (nSPS) is 17.1. The van der Waals surface area contributed by atoms with Crippen LogP contribution in [0.25, 0.3) is 0 Å². The molecule has 0 aromatic heterocycles. The second-order valence-corrected chi connectivity index (χ2v) is 9.43. The van der Waals surface area contributed by atoms with E-state index in [1.54, 1.807) is 36.4 Å². The lowest BCUT2D eigenvalue weighted by atomic mass is 10.0. The Balaban J connectivity index is 1.98. The molecule has 6 nitrogen and oxygen atoms in total. The van der Waals surface area contributed by atoms with Gasteiger partial charge >= 0.3 is 0 Å². The number of hydrogen-bond donors (Lipinski definition) is 0. The summed E-state index contributed by atoms with van der Waals surface area (Å²) in [5, 5.41) is 0. The van der Waals surface area contributed by atoms with E-state index in [0.717, 1.165) is 24.8 Å². The van der Waals surface area contributed by atoms with Crippen LogP contribution in [0.1, 0.15) is 42.1 Å². The van der Waals surface area contributed by atoms with E-state index < -0.39 is 10.0 Å². The minimum Gasteiger partial charge on any atom is -0.495 e. The number of sulfonamides is 1. The summed E-state index contributed by atoms with van der Waals surface area (Å²) >= 11 is 0. The number of nitrogens with zero attached hydrogens (tertiary/aromatic N) is 2. The standard InChI is InChI=1S/C22H28N2O4S/c1-16-12-13-18(15-19(16)22(25)24-14-8-7-9-17(24)2)29(26,27)23(3)20-10-5-6-11-21(20)28-4/h5-6,10-13,15,17H,7-9,14H2,1-4H3. The number of piperidine rings is 1. The maximum Gasteiger partial charge on any atom is 0.264 e. The molecule has 1 aliphatic heterocycles. The zero-order valence-electron chi connectivity index (χ0n) is 17.4. The highest BCUT2D eigenvalue weighted by Gasteiger charge is 2.28. The topological polar surface area (TPSA) is 66.9 Å². The van der Waals surface area contributed by atoms with Gasteiger partial charge in [-0.25, -0.2) is 8.42 Å². The maximum absolute atomic E-state index is 13.3. The van der Waals surface area contributed by atoms with E-state index in [1.165, 1.54) is 24.5 Å². The first-order chi connectivity index (χ1) is 13.8. The molecular formula is C22H28N2O4S. The predicted octanol–water partition coefficient (Wildman–Crippen LogP) is 3.84. The van der Waals surface area contributed by atoms with Crippen LogP contribution in [-0.4, -0.2) is 46.0 Å². The molecule has 1 aliphatic rings. The predicted molar refractivity (Wildman–Crippen MR) is 114 cm³/mol. The summed E-state index contributed by atoms with van der Waals surface area (Å²) in [6.07, 6.45) is 3.06. The van der Waals surface area contributed by atoms with Crippen LogP contribution in [0.3, 0.4) is 0 Å². The zero-order valence-corrected chi connectivity index (χ0v) is 18.2. The Morgan fingerprint density at radius 1 is 1.17 bits per heavy atom. The van der Waals surface area contributed by atoms with Crippen LogP contribution in [-0.2, 0) is 10.0 Å². The Labute approximate surface area is 173 Å². The Bertz CT molecular complexity index is 1000. The van der Waals surface area contributed by atoms with Crippen LogP contribution in [0.15, 0.2) is 47.4 Å². The summed E-state index contributed by atoms with van der Waals surface area (Å²) < 4.78 is 33.0. The number of para-hydroxylation sites is 2. The van der Waals surface area contributed by atoms with Crippen molar-refractivity contribution in [2.45, 2.75) is 44.0 Å². The fraction of sp³-hybridized carbons (Fsp3) is 0.409. The van der Waals surface area contributed by atoms with Crippen molar-refractivity contribution in [2.24, 2.45) is 0 Å². The quantitative estimate of drug-likeness (QED) is 0.743. The maximum atomic E-state index is 13.3. The monoisotopic (exact) mass is 416 g/mol. The van der Waals surface area contributed by atoms with E-state index in [4.69, 9.17) is 4.74 Å². The number of carbonyl (C=O) groups is 1. The third-order valence-electron chi connectivity index (χ3n) is 5.59. The second-order valence-electron chi connectivity index (χ2n) is 7.46. The van der Waals surface area contributed by atoms with E-state index >= 15 is 0 Å². The van der Waals surface area contributed by atoms with Gasteiger partial charge in [-0.3, -0.25) is 9.10 Å². The highest BCUT2D eigenvalue weighted by molar-refractivity contribution is 7.92. The molecule has 29 heavy (non-hydrogen) atoms. The average molecular weight is 417 g/mol. The van der Waals surface area contributed by atoms with Crippen LogP contribution < -0.4 is 9.04 Å². The summed E-state index contributed by atoms with van der Waals surface area (Å²) in [5.74, 6) is 0.357. The van der Waals surface area contributed by atoms with Gasteiger partial charge in [0.25, 0.3) is 15.9 Å². The van der Waals surface area contributed by atoms with Crippen LogP contribution >= 0.6 is 0 Å². The van der Waals surface area contributed by atoms with E-state index in [0.29, 0.717) is 23.5 Å². The van der Waals surface area contributed by atoms with Crippen molar-refractivity contribution in [3.63, 3.8) is 0 Å². The Kier molecular flexibility index (Phi) is 6.17. The lowest BCUT2D eigenvalue weighted by molar-refractivity contribution is 0.0634. The Morgan fingerprint density at radius 3 is 2.59 bits per heavy atom. The SMILES string of the molecule is COc1ccccc1N(C)S(=O)(=O)c1ccc(C)c(C(=O)N2CCCCC2C)c1. The molecule has 156 valence electrons. The van der Waals surface area contributed by atoms with Gasteiger partial charge in [-0.15, -0.1) is 0 Å². The molecule has 1 fully saturated rings. The number of likely N-dealkylation sites (tertiary alicyclic amines) is 1. The number of amides is 1. The van der Waals surface area contributed by atoms with Gasteiger partial charge in [0, 0.05) is 25.2 Å². The molecule has 0 saturated carbocycles. The minimum absolute atomic E-state index is 0.0875. The molecule has 0 bridgehead atoms. The van der Waals surface area contributed by atoms with Crippen LogP contribution in [0, 0.1) is 6.92 Å². The van der Waals surface area contributed by atoms with Crippen LogP contribution in [0.5, 0.6) is 5.75 Å². The highest BCUT2D eigenvalue weighted by atomic mass is 32.2. The van der Waals surface area contributed by atoms with Crippen molar-refractivity contribution < 1.29 is 17.9 Å². The zero-order chi connectivity index (χ0) is 21.2. The number of hydrogen-bond acceptors (Lipinski definition) is 4. The molecular weight excluding hydrogens is 388 g/mol. The smallest absolute Gasteiger partial charge is 0.264 e. The van der Waals surface area contributed by atoms with Crippen LogP contribution in [0.4, 0.5) is 5.69 Å². The van der Waals surface area contributed by atoms with E-state index in [1.807, 2.05) is 18.7 Å². The molecule has 1 unspecified atom stereocenters. The van der Waals surface area contributed by atoms with Gasteiger partial charge in [-0.05, 0) is 62.9 Å². The molecule has 1 saturated heterocycles. The molecule has 0 spiro atoms. The first-order valence-electron chi connectivity index (χ1n) is 9.81. The Morgan fingerprint density at radius 2 is 1.90 bits per heavy atom. The van der Waals surface area contributed by atoms with Crippen molar-refractivity contribution in [2.75, 3.05) is 25.0 Å². The number of rotatable bonds is 5. The molecule has 0 aliphatic carbocycles. The third-order valence-corrected chi connectivity index (χ3v) is 7.35. The number of carbonyl (C=O) groups excluding carboxylic acids is 1. The summed E-state index contributed by atoms with van der Waals surface area (Å²) in [6.45, 7) is 4.59. The average Bonchev–Trinajstić information content (AvgIpc) is 2.73. The molecule has 2 aromatic carbocycles. The van der Waals surface area contributed by atoms with E-state index in [2.05, 4.69) is 0 Å². The number of ether oxygens (including phenoxy) is 1. The van der Waals surface area contributed by atoms with Crippen molar-refractivity contribution in [1.29, 1.82) is 0 Å². The van der Waals surface area contributed by atoms with Gasteiger partial charge in [0.2, 0.25) is 0 Å². The first-order valence-corrected chi connectivity index (χ1v) is 11.2. The van der Waals surface area contributed by atoms with Crippen LogP contribution in [0.2, 0.25) is 0 Å². The van der Waals surface area contributed by atoms with Gasteiger partial charge in [0.05, 0.1) is 17.7 Å². The highest BCUT2D eigenvalue weighted by Crippen LogP contribution is 2.31. The van der Waals surface area contributed by atoms with Gasteiger partial charge in [0.15, 0.2) is 0 Å². The lowest BCUT2D eigenvalue weighted by Crippen LogP contribution is -2.42. The van der Waals surface area contributed by atoms with Gasteiger partial charge in [0.1, 0.15) is 5.75 Å². The van der Waals surface area contributed by atoms with Crippen molar-refractivity contribution in [3.05, 3.63) is 53.6 Å². The molecule has 0 N–H and O–H groups in total. The minimum atomic E-state index is -3.86. The molecule has 0 radical (unpaired) electrons. The summed E-state index contributed by atoms with van der Waals surface area (Å²) in [7, 11) is -0.870. The first kappa shape index (κ1) is 21.2. The molecule has 3 rings (SSSR count). The van der Waals surface area contributed by atoms with Gasteiger partial charge in [-0.2, -0.15) is 0 Å². The van der Waals surface area contributed by atoms with Crippen molar-refractivity contribution in [3.8, 4) is 5.75 Å². The molecule has 1 heterocycles. The number of anilines is 1. The number of methoxy groups -OCH3 is 1. The fourth-order valence-electron chi connectivity index (χ4n) is 3.72. The lowest BCUT2D eigenvalue weighted by Gasteiger charge is -2.34. The summed E-state index contributed by atoms with van der Waals surface area (Å²) in [4.78, 5) is 15.1. The summed E-state index contributed by atoms with van der Waals surface area (Å²) in [5.41, 5.74) is 1.65. The molecule has 7 heteroatoms. The fourth-order valence-corrected chi connectivity index (χ4v) is 4.96. The second kappa shape index (κ2) is 8.45. The van der Waals surface area contributed by atoms with Crippen molar-refractivity contribution >= 4 is 21.6 Å². The van der Waals surface area contributed by atoms with Gasteiger partial charge < -0.3 is 9.64 Å². The molecule has 2 aromatic rings. The van der Waals surface area contributed by atoms with Gasteiger partial charge in [-0.1, -0.05) is 18.2 Å². The van der Waals surface area contributed by atoms with E-state index in [-0.39, 0.29) is 16.8 Å². The number of aryl methyl sites for hydroxylation is 1. The number of benzene rings is 2. The molecule has 1 amide bonds. The third kappa shape index (κ3) is 4.10. The molecule has 1 atom stereocenters. The Hall–Kier alpha value is -2.54. The van der Waals surface area contributed by atoms with Crippen molar-refractivity contribution in [1.82, 2.24) is 4.90 Å².